The van der Waals surface area contributed by atoms with Crippen LogP contribution in [0.1, 0.15) is 33.3 Å². The number of rotatable bonds is 4. The standard InChI is InChI=1S/C15H20O4/c1-14(2,13(16)17)9-18-11-7-5-6-10-8-15(3,4)19-12(10)11/h5-7H,8-9H2,1-4H3,(H,16,17). The summed E-state index contributed by atoms with van der Waals surface area (Å²) < 4.78 is 11.5. The van der Waals surface area contributed by atoms with Crippen molar-refractivity contribution in [2.75, 3.05) is 6.61 Å². The van der Waals surface area contributed by atoms with Crippen LogP contribution < -0.4 is 9.47 Å². The van der Waals surface area contributed by atoms with Crippen molar-refractivity contribution in [3.8, 4) is 11.5 Å². The first-order valence-electron chi connectivity index (χ1n) is 6.38. The van der Waals surface area contributed by atoms with E-state index in [9.17, 15) is 4.79 Å². The molecule has 0 atom stereocenters. The molecule has 2 rings (SSSR count). The fourth-order valence-electron chi connectivity index (χ4n) is 2.02. The van der Waals surface area contributed by atoms with E-state index < -0.39 is 11.4 Å². The van der Waals surface area contributed by atoms with Gasteiger partial charge in [0, 0.05) is 12.0 Å². The van der Waals surface area contributed by atoms with Crippen LogP contribution in [0.5, 0.6) is 11.5 Å². The van der Waals surface area contributed by atoms with E-state index in [1.165, 1.54) is 0 Å². The van der Waals surface area contributed by atoms with Crippen LogP contribution in [0.15, 0.2) is 18.2 Å². The fourth-order valence-corrected chi connectivity index (χ4v) is 2.02. The molecule has 0 spiro atoms. The molecule has 1 N–H and O–H groups in total. The molecule has 1 aromatic rings. The van der Waals surface area contributed by atoms with Crippen molar-refractivity contribution >= 4 is 5.97 Å². The molecule has 0 radical (unpaired) electrons. The lowest BCUT2D eigenvalue weighted by Gasteiger charge is -2.21. The molecule has 1 aliphatic rings. The second-order valence-corrected chi connectivity index (χ2v) is 6.26. The van der Waals surface area contributed by atoms with Gasteiger partial charge in [-0.25, -0.2) is 0 Å². The Kier molecular flexibility index (Phi) is 3.20. The number of fused-ring (bicyclic) bond motifs is 1. The average molecular weight is 264 g/mol. The highest BCUT2D eigenvalue weighted by atomic mass is 16.5. The molecule has 19 heavy (non-hydrogen) atoms. The molecule has 1 heterocycles. The van der Waals surface area contributed by atoms with Gasteiger partial charge >= 0.3 is 5.97 Å². The van der Waals surface area contributed by atoms with E-state index in [1.807, 2.05) is 32.0 Å². The predicted molar refractivity (Wildman–Crippen MR) is 71.8 cm³/mol. The molecule has 104 valence electrons. The zero-order chi connectivity index (χ0) is 14.3. The summed E-state index contributed by atoms with van der Waals surface area (Å²) >= 11 is 0. The number of carbonyl (C=O) groups is 1. The molecule has 0 fully saturated rings. The summed E-state index contributed by atoms with van der Waals surface area (Å²) in [5.41, 5.74) is -0.0448. The first-order chi connectivity index (χ1) is 8.71. The summed E-state index contributed by atoms with van der Waals surface area (Å²) in [5, 5.41) is 9.08. The van der Waals surface area contributed by atoms with Gasteiger partial charge in [-0.2, -0.15) is 0 Å². The molecule has 0 saturated carbocycles. The largest absolute Gasteiger partial charge is 0.489 e. The number of benzene rings is 1. The molecule has 0 aliphatic carbocycles. The predicted octanol–water partition coefficient (Wildman–Crippen LogP) is 2.89. The third-order valence-corrected chi connectivity index (χ3v) is 3.22. The SMILES string of the molecule is CC1(C)Cc2cccc(OCC(C)(C)C(=O)O)c2O1. The van der Waals surface area contributed by atoms with E-state index in [0.29, 0.717) is 5.75 Å². The number of para-hydroxylation sites is 1. The number of carboxylic acids is 1. The van der Waals surface area contributed by atoms with Crippen LogP contribution >= 0.6 is 0 Å². The minimum absolute atomic E-state index is 0.114. The first kappa shape index (κ1) is 13.7. The van der Waals surface area contributed by atoms with Gasteiger partial charge in [0.25, 0.3) is 0 Å². The van der Waals surface area contributed by atoms with Crippen LogP contribution in [0.25, 0.3) is 0 Å². The van der Waals surface area contributed by atoms with E-state index >= 15 is 0 Å². The van der Waals surface area contributed by atoms with Crippen LogP contribution in [0, 0.1) is 5.41 Å². The fraction of sp³-hybridized carbons (Fsp3) is 0.533. The minimum Gasteiger partial charge on any atom is -0.489 e. The highest BCUT2D eigenvalue weighted by molar-refractivity contribution is 5.73. The Balaban J connectivity index is 2.16. The van der Waals surface area contributed by atoms with Crippen molar-refractivity contribution < 1.29 is 19.4 Å². The van der Waals surface area contributed by atoms with Gasteiger partial charge in [-0.1, -0.05) is 12.1 Å². The third-order valence-electron chi connectivity index (χ3n) is 3.22. The Morgan fingerprint density at radius 2 is 2.16 bits per heavy atom. The van der Waals surface area contributed by atoms with Crippen LogP contribution in [-0.2, 0) is 11.2 Å². The molecular formula is C15H20O4. The molecule has 0 amide bonds. The lowest BCUT2D eigenvalue weighted by atomic mass is 9.95. The summed E-state index contributed by atoms with van der Waals surface area (Å²) in [5.74, 6) is 0.493. The molecule has 0 aromatic heterocycles. The van der Waals surface area contributed by atoms with Gasteiger partial charge < -0.3 is 14.6 Å². The number of carboxylic acid groups (broad SMARTS) is 1. The van der Waals surface area contributed by atoms with Crippen LogP contribution in [0.3, 0.4) is 0 Å². The molecule has 1 aromatic carbocycles. The smallest absolute Gasteiger partial charge is 0.312 e. The Labute approximate surface area is 113 Å². The normalized spacial score (nSPS) is 16.6. The van der Waals surface area contributed by atoms with E-state index in [4.69, 9.17) is 14.6 Å². The summed E-state index contributed by atoms with van der Waals surface area (Å²) in [6.45, 7) is 7.45. The molecular weight excluding hydrogens is 244 g/mol. The molecule has 4 nitrogen and oxygen atoms in total. The second-order valence-electron chi connectivity index (χ2n) is 6.26. The maximum Gasteiger partial charge on any atom is 0.312 e. The highest BCUT2D eigenvalue weighted by Gasteiger charge is 2.33. The first-order valence-corrected chi connectivity index (χ1v) is 6.38. The number of ether oxygens (including phenoxy) is 2. The maximum atomic E-state index is 11.1. The number of hydrogen-bond donors (Lipinski definition) is 1. The van der Waals surface area contributed by atoms with E-state index in [0.717, 1.165) is 17.7 Å². The zero-order valence-electron chi connectivity index (χ0n) is 11.8. The van der Waals surface area contributed by atoms with Gasteiger partial charge in [0.15, 0.2) is 11.5 Å². The monoisotopic (exact) mass is 264 g/mol. The van der Waals surface area contributed by atoms with Crippen molar-refractivity contribution in [2.45, 2.75) is 39.7 Å². The Bertz CT molecular complexity index is 503. The van der Waals surface area contributed by atoms with Crippen molar-refractivity contribution in [1.82, 2.24) is 0 Å². The number of aliphatic carboxylic acids is 1. The molecule has 4 heteroatoms. The Morgan fingerprint density at radius 1 is 1.47 bits per heavy atom. The molecule has 0 bridgehead atoms. The average Bonchev–Trinajstić information content (AvgIpc) is 2.60. The zero-order valence-corrected chi connectivity index (χ0v) is 11.8. The van der Waals surface area contributed by atoms with Crippen molar-refractivity contribution in [2.24, 2.45) is 5.41 Å². The molecule has 0 unspecified atom stereocenters. The summed E-state index contributed by atoms with van der Waals surface area (Å²) in [6.07, 6.45) is 0.835. The van der Waals surface area contributed by atoms with Crippen molar-refractivity contribution in [3.05, 3.63) is 23.8 Å². The topological polar surface area (TPSA) is 55.8 Å². The maximum absolute atomic E-state index is 11.1. The van der Waals surface area contributed by atoms with Gasteiger partial charge in [-0.05, 0) is 33.8 Å². The summed E-state index contributed by atoms with van der Waals surface area (Å²) in [6, 6.07) is 5.74. The second kappa shape index (κ2) is 4.44. The molecule has 0 saturated heterocycles. The lowest BCUT2D eigenvalue weighted by molar-refractivity contribution is -0.148. The van der Waals surface area contributed by atoms with E-state index in [-0.39, 0.29) is 12.2 Å². The van der Waals surface area contributed by atoms with Gasteiger partial charge in [0.05, 0.1) is 5.41 Å². The number of hydrogen-bond acceptors (Lipinski definition) is 3. The van der Waals surface area contributed by atoms with Crippen LogP contribution in [0.2, 0.25) is 0 Å². The summed E-state index contributed by atoms with van der Waals surface area (Å²) in [4.78, 5) is 11.1. The van der Waals surface area contributed by atoms with Crippen molar-refractivity contribution in [1.29, 1.82) is 0 Å². The lowest BCUT2D eigenvalue weighted by Crippen LogP contribution is -2.30. The minimum atomic E-state index is -0.920. The highest BCUT2D eigenvalue weighted by Crippen LogP contribution is 2.42. The third kappa shape index (κ3) is 2.83. The van der Waals surface area contributed by atoms with Crippen LogP contribution in [0.4, 0.5) is 0 Å². The van der Waals surface area contributed by atoms with Gasteiger partial charge in [0.1, 0.15) is 12.2 Å². The van der Waals surface area contributed by atoms with Crippen LogP contribution in [-0.4, -0.2) is 23.3 Å². The Morgan fingerprint density at radius 3 is 2.79 bits per heavy atom. The Hall–Kier alpha value is -1.71. The van der Waals surface area contributed by atoms with Gasteiger partial charge in [0.2, 0.25) is 0 Å². The molecule has 1 aliphatic heterocycles. The quantitative estimate of drug-likeness (QED) is 0.908. The summed E-state index contributed by atoms with van der Waals surface area (Å²) in [7, 11) is 0. The van der Waals surface area contributed by atoms with E-state index in [1.54, 1.807) is 13.8 Å². The van der Waals surface area contributed by atoms with Crippen molar-refractivity contribution in [3.63, 3.8) is 0 Å². The van der Waals surface area contributed by atoms with Gasteiger partial charge in [-0.15, -0.1) is 0 Å². The van der Waals surface area contributed by atoms with E-state index in [2.05, 4.69) is 0 Å². The van der Waals surface area contributed by atoms with Gasteiger partial charge in [-0.3, -0.25) is 4.79 Å².